The molecule has 3 rings (SSSR count). The molecule has 0 spiro atoms. The van der Waals surface area contributed by atoms with Gasteiger partial charge in [0.2, 0.25) is 0 Å². The maximum atomic E-state index is 12.1. The standard InChI is InChI=1S/C18H16O2/c1-13(14-8-4-2-5-9-14)16-12-17(20-18(16)19)15-10-6-3-7-11-15/h2-11,17H,12H2,1H3/b16-13+. The van der Waals surface area contributed by atoms with E-state index in [-0.39, 0.29) is 12.1 Å². The van der Waals surface area contributed by atoms with Crippen LogP contribution in [-0.2, 0) is 9.53 Å². The molecule has 2 aromatic carbocycles. The Kier molecular flexibility index (Phi) is 3.38. The van der Waals surface area contributed by atoms with Crippen molar-refractivity contribution in [2.75, 3.05) is 0 Å². The molecule has 1 saturated heterocycles. The van der Waals surface area contributed by atoms with Crippen molar-refractivity contribution < 1.29 is 9.53 Å². The quantitative estimate of drug-likeness (QED) is 0.601. The molecule has 20 heavy (non-hydrogen) atoms. The van der Waals surface area contributed by atoms with E-state index in [1.807, 2.05) is 67.6 Å². The Balaban J connectivity index is 1.91. The molecular formula is C18H16O2. The van der Waals surface area contributed by atoms with E-state index in [9.17, 15) is 4.79 Å². The fourth-order valence-electron chi connectivity index (χ4n) is 2.53. The number of benzene rings is 2. The van der Waals surface area contributed by atoms with Crippen LogP contribution in [-0.4, -0.2) is 5.97 Å². The van der Waals surface area contributed by atoms with Crippen molar-refractivity contribution in [3.63, 3.8) is 0 Å². The molecule has 0 radical (unpaired) electrons. The monoisotopic (exact) mass is 264 g/mol. The third kappa shape index (κ3) is 2.37. The molecule has 2 heteroatoms. The number of allylic oxidation sites excluding steroid dienone is 1. The topological polar surface area (TPSA) is 26.3 Å². The molecular weight excluding hydrogens is 248 g/mol. The largest absolute Gasteiger partial charge is 0.454 e. The van der Waals surface area contributed by atoms with Crippen molar-refractivity contribution in [1.29, 1.82) is 0 Å². The molecule has 0 saturated carbocycles. The van der Waals surface area contributed by atoms with Crippen LogP contribution in [0.25, 0.3) is 5.57 Å². The second-order valence-electron chi connectivity index (χ2n) is 4.98. The van der Waals surface area contributed by atoms with Crippen molar-refractivity contribution >= 4 is 11.5 Å². The molecule has 1 atom stereocenters. The van der Waals surface area contributed by atoms with Gasteiger partial charge in [0.1, 0.15) is 6.10 Å². The van der Waals surface area contributed by atoms with Crippen LogP contribution in [0.5, 0.6) is 0 Å². The van der Waals surface area contributed by atoms with Crippen LogP contribution in [0.3, 0.4) is 0 Å². The van der Waals surface area contributed by atoms with E-state index in [2.05, 4.69) is 0 Å². The molecule has 1 fully saturated rings. The summed E-state index contributed by atoms with van der Waals surface area (Å²) in [4.78, 5) is 12.1. The summed E-state index contributed by atoms with van der Waals surface area (Å²) in [6.07, 6.45) is 0.487. The van der Waals surface area contributed by atoms with Gasteiger partial charge in [-0.3, -0.25) is 0 Å². The minimum Gasteiger partial charge on any atom is -0.454 e. The van der Waals surface area contributed by atoms with Gasteiger partial charge in [0.25, 0.3) is 0 Å². The second-order valence-corrected chi connectivity index (χ2v) is 4.98. The lowest BCUT2D eigenvalue weighted by Crippen LogP contribution is -1.99. The van der Waals surface area contributed by atoms with Crippen molar-refractivity contribution in [3.05, 3.63) is 77.4 Å². The van der Waals surface area contributed by atoms with Crippen LogP contribution in [0.2, 0.25) is 0 Å². The summed E-state index contributed by atoms with van der Waals surface area (Å²) in [6.45, 7) is 1.99. The minimum atomic E-state index is -0.194. The Hall–Kier alpha value is -2.35. The van der Waals surface area contributed by atoms with Crippen LogP contribution in [0, 0.1) is 0 Å². The van der Waals surface area contributed by atoms with Crippen LogP contribution in [0.1, 0.15) is 30.6 Å². The van der Waals surface area contributed by atoms with Crippen LogP contribution in [0.4, 0.5) is 0 Å². The number of carbonyl (C=O) groups is 1. The van der Waals surface area contributed by atoms with E-state index in [0.717, 1.165) is 22.3 Å². The Morgan fingerprint density at radius 2 is 1.60 bits per heavy atom. The molecule has 0 N–H and O–H groups in total. The lowest BCUT2D eigenvalue weighted by molar-refractivity contribution is -0.139. The van der Waals surface area contributed by atoms with Gasteiger partial charge in [0.15, 0.2) is 0 Å². The fourth-order valence-corrected chi connectivity index (χ4v) is 2.53. The Morgan fingerprint density at radius 1 is 1.00 bits per heavy atom. The van der Waals surface area contributed by atoms with Gasteiger partial charge >= 0.3 is 5.97 Å². The summed E-state index contributed by atoms with van der Waals surface area (Å²) >= 11 is 0. The van der Waals surface area contributed by atoms with E-state index in [0.29, 0.717) is 6.42 Å². The first-order chi connectivity index (χ1) is 9.75. The number of hydrogen-bond acceptors (Lipinski definition) is 2. The van der Waals surface area contributed by atoms with E-state index in [4.69, 9.17) is 4.74 Å². The van der Waals surface area contributed by atoms with Crippen molar-refractivity contribution in [2.45, 2.75) is 19.4 Å². The normalized spacial score (nSPS) is 20.6. The molecule has 1 aliphatic rings. The molecule has 0 aliphatic carbocycles. The summed E-state index contributed by atoms with van der Waals surface area (Å²) < 4.78 is 5.51. The Labute approximate surface area is 118 Å². The average Bonchev–Trinajstić information content (AvgIpc) is 2.90. The van der Waals surface area contributed by atoms with E-state index in [1.54, 1.807) is 0 Å². The van der Waals surface area contributed by atoms with Crippen molar-refractivity contribution in [2.24, 2.45) is 0 Å². The molecule has 1 unspecified atom stereocenters. The number of carbonyl (C=O) groups excluding carboxylic acids is 1. The molecule has 2 aromatic rings. The zero-order valence-corrected chi connectivity index (χ0v) is 11.4. The first-order valence-corrected chi connectivity index (χ1v) is 6.77. The summed E-state index contributed by atoms with van der Waals surface area (Å²) in [5.41, 5.74) is 3.92. The highest BCUT2D eigenvalue weighted by Crippen LogP contribution is 2.36. The SMILES string of the molecule is C/C(=C1/CC(c2ccccc2)OC1=O)c1ccccc1. The van der Waals surface area contributed by atoms with Gasteiger partial charge in [-0.15, -0.1) is 0 Å². The third-order valence-electron chi connectivity index (χ3n) is 3.72. The molecule has 0 bridgehead atoms. The number of rotatable bonds is 2. The third-order valence-corrected chi connectivity index (χ3v) is 3.72. The molecule has 0 aromatic heterocycles. The highest BCUT2D eigenvalue weighted by Gasteiger charge is 2.31. The average molecular weight is 264 g/mol. The van der Waals surface area contributed by atoms with Gasteiger partial charge < -0.3 is 4.74 Å². The Morgan fingerprint density at radius 3 is 2.25 bits per heavy atom. The second kappa shape index (κ2) is 5.33. The van der Waals surface area contributed by atoms with Gasteiger partial charge in [0.05, 0.1) is 0 Å². The maximum Gasteiger partial charge on any atom is 0.335 e. The number of cyclic esters (lactones) is 1. The summed E-state index contributed by atoms with van der Waals surface area (Å²) in [6, 6.07) is 19.9. The molecule has 100 valence electrons. The van der Waals surface area contributed by atoms with Crippen molar-refractivity contribution in [1.82, 2.24) is 0 Å². The van der Waals surface area contributed by atoms with Crippen LogP contribution >= 0.6 is 0 Å². The van der Waals surface area contributed by atoms with Gasteiger partial charge in [-0.2, -0.15) is 0 Å². The van der Waals surface area contributed by atoms with Gasteiger partial charge in [-0.1, -0.05) is 60.7 Å². The highest BCUT2D eigenvalue weighted by atomic mass is 16.5. The number of esters is 1. The number of hydrogen-bond donors (Lipinski definition) is 0. The van der Waals surface area contributed by atoms with Crippen LogP contribution in [0.15, 0.2) is 66.2 Å². The van der Waals surface area contributed by atoms with E-state index >= 15 is 0 Å². The molecule has 0 amide bonds. The Bertz CT molecular complexity index is 642. The smallest absolute Gasteiger partial charge is 0.335 e. The first-order valence-electron chi connectivity index (χ1n) is 6.77. The lowest BCUT2D eigenvalue weighted by atomic mass is 9.97. The zero-order chi connectivity index (χ0) is 13.9. The van der Waals surface area contributed by atoms with Crippen molar-refractivity contribution in [3.8, 4) is 0 Å². The zero-order valence-electron chi connectivity index (χ0n) is 11.4. The van der Waals surface area contributed by atoms with Gasteiger partial charge in [0, 0.05) is 12.0 Å². The summed E-state index contributed by atoms with van der Waals surface area (Å²) in [5, 5.41) is 0. The molecule has 2 nitrogen and oxygen atoms in total. The van der Waals surface area contributed by atoms with Gasteiger partial charge in [-0.05, 0) is 23.6 Å². The maximum absolute atomic E-state index is 12.1. The van der Waals surface area contributed by atoms with E-state index in [1.165, 1.54) is 0 Å². The summed E-state index contributed by atoms with van der Waals surface area (Å²) in [5.74, 6) is -0.194. The molecule has 1 heterocycles. The highest BCUT2D eigenvalue weighted by molar-refractivity contribution is 5.99. The fraction of sp³-hybridized carbons (Fsp3) is 0.167. The summed E-state index contributed by atoms with van der Waals surface area (Å²) in [7, 11) is 0. The predicted octanol–water partition coefficient (Wildman–Crippen LogP) is 4.15. The van der Waals surface area contributed by atoms with Crippen LogP contribution < -0.4 is 0 Å². The minimum absolute atomic E-state index is 0.155. The first kappa shape index (κ1) is 12.7. The van der Waals surface area contributed by atoms with E-state index < -0.39 is 0 Å². The lowest BCUT2D eigenvalue weighted by Gasteiger charge is -2.07. The number of ether oxygens (including phenoxy) is 1. The predicted molar refractivity (Wildman–Crippen MR) is 78.9 cm³/mol. The molecule has 1 aliphatic heterocycles. The van der Waals surface area contributed by atoms with Gasteiger partial charge in [-0.25, -0.2) is 4.79 Å².